The quantitative estimate of drug-likeness (QED) is 0.344. The first-order valence-corrected chi connectivity index (χ1v) is 6.26. The Balaban J connectivity index is 2.71. The van der Waals surface area contributed by atoms with Crippen LogP contribution in [0.1, 0.15) is 29.3 Å². The molecule has 18 heavy (non-hydrogen) atoms. The Bertz CT molecular complexity index is 474. The number of oxime groups is 1. The molecule has 1 amide bonds. The molecule has 1 aromatic carbocycles. The van der Waals surface area contributed by atoms with Gasteiger partial charge in [-0.3, -0.25) is 4.79 Å². The molecule has 0 aliphatic heterocycles. The smallest absolute Gasteiger partial charge is 0.252 e. The van der Waals surface area contributed by atoms with E-state index in [1.54, 1.807) is 13.0 Å². The number of carbonyl (C=O) groups is 1. The third-order valence-electron chi connectivity index (χ3n) is 2.39. The summed E-state index contributed by atoms with van der Waals surface area (Å²) in [6.07, 6.45) is 0.297. The van der Waals surface area contributed by atoms with Crippen molar-refractivity contribution in [2.24, 2.45) is 10.9 Å². The lowest BCUT2D eigenvalue weighted by Gasteiger charge is -2.13. The minimum atomic E-state index is -0.207. The highest BCUT2D eigenvalue weighted by Crippen LogP contribution is 2.18. The second-order valence-corrected chi connectivity index (χ2v) is 5.01. The Morgan fingerprint density at radius 1 is 1.61 bits per heavy atom. The number of aryl methyl sites for hydroxylation is 1. The molecule has 0 saturated carbocycles. The second-order valence-electron chi connectivity index (χ2n) is 4.15. The summed E-state index contributed by atoms with van der Waals surface area (Å²) in [4.78, 5) is 12.0. The Labute approximate surface area is 114 Å². The SMILES string of the molecule is Cc1ccc(C(=O)NC(C)C/C(N)=N/O)c(Br)c1. The van der Waals surface area contributed by atoms with Gasteiger partial charge in [0, 0.05) is 16.9 Å². The first-order chi connectivity index (χ1) is 8.43. The summed E-state index contributed by atoms with van der Waals surface area (Å²) in [6.45, 7) is 3.74. The van der Waals surface area contributed by atoms with Gasteiger partial charge in [0.2, 0.25) is 0 Å². The monoisotopic (exact) mass is 313 g/mol. The van der Waals surface area contributed by atoms with Gasteiger partial charge in [0.05, 0.1) is 5.56 Å². The first-order valence-electron chi connectivity index (χ1n) is 5.47. The van der Waals surface area contributed by atoms with E-state index in [9.17, 15) is 4.79 Å². The fourth-order valence-electron chi connectivity index (χ4n) is 1.51. The van der Waals surface area contributed by atoms with E-state index >= 15 is 0 Å². The maximum absolute atomic E-state index is 12.0. The number of rotatable bonds is 4. The Kier molecular flexibility index (Phi) is 5.15. The van der Waals surface area contributed by atoms with Crippen molar-refractivity contribution in [1.82, 2.24) is 5.32 Å². The van der Waals surface area contributed by atoms with Crippen LogP contribution in [0.2, 0.25) is 0 Å². The number of amides is 1. The van der Waals surface area contributed by atoms with Crippen molar-refractivity contribution in [3.05, 3.63) is 33.8 Å². The van der Waals surface area contributed by atoms with Crippen LogP contribution in [0, 0.1) is 6.92 Å². The van der Waals surface area contributed by atoms with E-state index in [1.165, 1.54) is 0 Å². The molecular formula is C12H16BrN3O2. The first kappa shape index (κ1) is 14.5. The van der Waals surface area contributed by atoms with Gasteiger partial charge in [-0.2, -0.15) is 0 Å². The molecule has 0 spiro atoms. The summed E-state index contributed by atoms with van der Waals surface area (Å²) in [7, 11) is 0. The molecule has 0 saturated heterocycles. The van der Waals surface area contributed by atoms with Gasteiger partial charge in [-0.15, -0.1) is 0 Å². The minimum absolute atomic E-state index is 0.0887. The van der Waals surface area contributed by atoms with Crippen LogP contribution in [0.15, 0.2) is 27.8 Å². The highest BCUT2D eigenvalue weighted by molar-refractivity contribution is 9.10. The maximum atomic E-state index is 12.0. The average molecular weight is 314 g/mol. The minimum Gasteiger partial charge on any atom is -0.409 e. The number of hydrogen-bond donors (Lipinski definition) is 3. The molecule has 98 valence electrons. The van der Waals surface area contributed by atoms with Crippen LogP contribution in [0.25, 0.3) is 0 Å². The maximum Gasteiger partial charge on any atom is 0.252 e. The lowest BCUT2D eigenvalue weighted by molar-refractivity contribution is 0.0940. The predicted octanol–water partition coefficient (Wildman–Crippen LogP) is 2.01. The van der Waals surface area contributed by atoms with Crippen molar-refractivity contribution in [3.8, 4) is 0 Å². The largest absolute Gasteiger partial charge is 0.409 e. The van der Waals surface area contributed by atoms with Crippen molar-refractivity contribution in [2.75, 3.05) is 0 Å². The Morgan fingerprint density at radius 2 is 2.28 bits per heavy atom. The number of hydrogen-bond acceptors (Lipinski definition) is 3. The van der Waals surface area contributed by atoms with E-state index < -0.39 is 0 Å². The average Bonchev–Trinajstić information content (AvgIpc) is 2.28. The molecule has 0 aliphatic carbocycles. The van der Waals surface area contributed by atoms with Crippen LogP contribution in [0.3, 0.4) is 0 Å². The molecule has 0 radical (unpaired) electrons. The fraction of sp³-hybridized carbons (Fsp3) is 0.333. The van der Waals surface area contributed by atoms with Crippen molar-refractivity contribution in [1.29, 1.82) is 0 Å². The van der Waals surface area contributed by atoms with Gasteiger partial charge in [0.1, 0.15) is 5.84 Å². The second kappa shape index (κ2) is 6.39. The van der Waals surface area contributed by atoms with E-state index in [0.29, 0.717) is 12.0 Å². The van der Waals surface area contributed by atoms with Gasteiger partial charge in [-0.25, -0.2) is 0 Å². The van der Waals surface area contributed by atoms with Crippen LogP contribution in [-0.4, -0.2) is 23.0 Å². The van der Waals surface area contributed by atoms with E-state index in [4.69, 9.17) is 10.9 Å². The van der Waals surface area contributed by atoms with Crippen molar-refractivity contribution >= 4 is 27.7 Å². The summed E-state index contributed by atoms with van der Waals surface area (Å²) in [5.74, 6) is -0.106. The van der Waals surface area contributed by atoms with Crippen LogP contribution in [0.4, 0.5) is 0 Å². The topological polar surface area (TPSA) is 87.7 Å². The highest BCUT2D eigenvalue weighted by Gasteiger charge is 2.13. The number of nitrogens with one attached hydrogen (secondary N) is 1. The summed E-state index contributed by atoms with van der Waals surface area (Å²) in [6, 6.07) is 5.30. The lowest BCUT2D eigenvalue weighted by Crippen LogP contribution is -2.35. The van der Waals surface area contributed by atoms with Crippen molar-refractivity contribution < 1.29 is 10.0 Å². The molecule has 0 heterocycles. The number of amidine groups is 1. The summed E-state index contributed by atoms with van der Waals surface area (Å²) in [5.41, 5.74) is 7.01. The van der Waals surface area contributed by atoms with Crippen molar-refractivity contribution in [3.63, 3.8) is 0 Å². The normalized spacial score (nSPS) is 13.2. The molecular weight excluding hydrogens is 298 g/mol. The fourth-order valence-corrected chi connectivity index (χ4v) is 2.18. The number of halogens is 1. The standard InChI is InChI=1S/C12H16BrN3O2/c1-7-3-4-9(10(13)5-7)12(17)15-8(2)6-11(14)16-18/h3-5,8,18H,6H2,1-2H3,(H2,14,16)(H,15,17). The molecule has 1 unspecified atom stereocenters. The number of nitrogens with two attached hydrogens (primary N) is 1. The third-order valence-corrected chi connectivity index (χ3v) is 3.05. The molecule has 6 heteroatoms. The number of carbonyl (C=O) groups excluding carboxylic acids is 1. The number of benzene rings is 1. The highest BCUT2D eigenvalue weighted by atomic mass is 79.9. The molecule has 0 aromatic heterocycles. The van der Waals surface area contributed by atoms with E-state index in [2.05, 4.69) is 26.4 Å². The lowest BCUT2D eigenvalue weighted by atomic mass is 10.1. The Morgan fingerprint density at radius 3 is 2.83 bits per heavy atom. The van der Waals surface area contributed by atoms with Crippen LogP contribution < -0.4 is 11.1 Å². The van der Waals surface area contributed by atoms with Crippen LogP contribution in [0.5, 0.6) is 0 Å². The van der Waals surface area contributed by atoms with Gasteiger partial charge in [-0.05, 0) is 47.5 Å². The molecule has 0 fully saturated rings. The van der Waals surface area contributed by atoms with Gasteiger partial charge >= 0.3 is 0 Å². The molecule has 0 bridgehead atoms. The third kappa shape index (κ3) is 4.03. The molecule has 1 aromatic rings. The molecule has 5 nitrogen and oxygen atoms in total. The molecule has 0 aliphatic rings. The zero-order chi connectivity index (χ0) is 13.7. The van der Waals surface area contributed by atoms with E-state index in [1.807, 2.05) is 19.1 Å². The number of nitrogens with zero attached hydrogens (tertiary/aromatic N) is 1. The zero-order valence-corrected chi connectivity index (χ0v) is 11.9. The van der Waals surface area contributed by atoms with Gasteiger partial charge in [-0.1, -0.05) is 11.2 Å². The van der Waals surface area contributed by atoms with Crippen LogP contribution >= 0.6 is 15.9 Å². The van der Waals surface area contributed by atoms with E-state index in [-0.39, 0.29) is 17.8 Å². The zero-order valence-electron chi connectivity index (χ0n) is 10.3. The van der Waals surface area contributed by atoms with E-state index in [0.717, 1.165) is 10.0 Å². The van der Waals surface area contributed by atoms with Gasteiger partial charge in [0.25, 0.3) is 5.91 Å². The molecule has 4 N–H and O–H groups in total. The molecule has 1 atom stereocenters. The molecule has 1 rings (SSSR count). The summed E-state index contributed by atoms with van der Waals surface area (Å²) < 4.78 is 0.746. The van der Waals surface area contributed by atoms with Gasteiger partial charge < -0.3 is 16.3 Å². The van der Waals surface area contributed by atoms with Crippen molar-refractivity contribution in [2.45, 2.75) is 26.3 Å². The predicted molar refractivity (Wildman–Crippen MR) is 73.8 cm³/mol. The summed E-state index contributed by atoms with van der Waals surface area (Å²) >= 11 is 3.35. The van der Waals surface area contributed by atoms with Gasteiger partial charge in [0.15, 0.2) is 0 Å². The Hall–Kier alpha value is -1.56. The van der Waals surface area contributed by atoms with Crippen LogP contribution in [-0.2, 0) is 0 Å². The summed E-state index contributed by atoms with van der Waals surface area (Å²) in [5, 5.41) is 14.1.